The fourth-order valence-electron chi connectivity index (χ4n) is 2.56. The Morgan fingerprint density at radius 1 is 0.955 bits per heavy atom. The quantitative estimate of drug-likeness (QED) is 0.774. The molecule has 0 spiro atoms. The van der Waals surface area contributed by atoms with Crippen LogP contribution in [0.4, 0.5) is 10.5 Å². The molecule has 4 nitrogen and oxygen atoms in total. The summed E-state index contributed by atoms with van der Waals surface area (Å²) in [7, 11) is 1.60. The number of halogens is 2. The summed E-state index contributed by atoms with van der Waals surface area (Å²) in [5, 5.41) is 0.739. The van der Waals surface area contributed by atoms with Crippen molar-refractivity contribution in [3.63, 3.8) is 0 Å². The molecule has 3 rings (SSSR count). The van der Waals surface area contributed by atoms with E-state index >= 15 is 0 Å². The van der Waals surface area contributed by atoms with Gasteiger partial charge in [-0.25, -0.2) is 9.69 Å². The minimum absolute atomic E-state index is 0.322. The second kappa shape index (κ2) is 5.63. The summed E-state index contributed by atoms with van der Waals surface area (Å²) >= 11 is 11.9. The second-order valence-electron chi connectivity index (χ2n) is 5.01. The summed E-state index contributed by atoms with van der Waals surface area (Å²) in [4.78, 5) is 27.7. The smallest absolute Gasteiger partial charge is 0.311 e. The lowest BCUT2D eigenvalue weighted by Crippen LogP contribution is -2.31. The van der Waals surface area contributed by atoms with Crippen molar-refractivity contribution in [3.8, 4) is 0 Å². The molecule has 1 aliphatic rings. The first-order valence-corrected chi connectivity index (χ1v) is 7.36. The molecule has 1 heterocycles. The average Bonchev–Trinajstić information content (AvgIpc) is 2.69. The fourth-order valence-corrected chi connectivity index (χ4v) is 3.07. The van der Waals surface area contributed by atoms with Crippen molar-refractivity contribution in [1.29, 1.82) is 0 Å². The number of benzene rings is 2. The Morgan fingerprint density at radius 3 is 2.14 bits per heavy atom. The number of carbonyl (C=O) groups excluding carboxylic acids is 2. The first-order chi connectivity index (χ1) is 10.5. The van der Waals surface area contributed by atoms with Gasteiger partial charge in [-0.15, -0.1) is 0 Å². The predicted molar refractivity (Wildman–Crippen MR) is 86.3 cm³/mol. The summed E-state index contributed by atoms with van der Waals surface area (Å²) in [5.74, 6) is -0.322. The SMILES string of the molecule is CN1C(=O)N(c2cc(Cl)cc(Cl)c2)C(=O)C1c1ccccc1. The summed E-state index contributed by atoms with van der Waals surface area (Å²) in [6.45, 7) is 0. The van der Waals surface area contributed by atoms with E-state index in [-0.39, 0.29) is 5.91 Å². The third-order valence-corrected chi connectivity index (χ3v) is 3.99. The van der Waals surface area contributed by atoms with Gasteiger partial charge in [-0.3, -0.25) is 4.79 Å². The van der Waals surface area contributed by atoms with E-state index in [0.29, 0.717) is 15.7 Å². The highest BCUT2D eigenvalue weighted by molar-refractivity contribution is 6.35. The van der Waals surface area contributed by atoms with Gasteiger partial charge < -0.3 is 4.90 Å². The molecular weight excluding hydrogens is 323 g/mol. The zero-order chi connectivity index (χ0) is 15.9. The van der Waals surface area contributed by atoms with Gasteiger partial charge in [-0.05, 0) is 23.8 Å². The largest absolute Gasteiger partial charge is 0.332 e. The Balaban J connectivity index is 2.04. The van der Waals surface area contributed by atoms with Crippen LogP contribution in [0.15, 0.2) is 48.5 Å². The van der Waals surface area contributed by atoms with Gasteiger partial charge in [0.2, 0.25) is 0 Å². The normalized spacial score (nSPS) is 18.2. The van der Waals surface area contributed by atoms with Crippen LogP contribution in [0.2, 0.25) is 10.0 Å². The van der Waals surface area contributed by atoms with Gasteiger partial charge >= 0.3 is 6.03 Å². The molecule has 6 heteroatoms. The van der Waals surface area contributed by atoms with E-state index in [1.807, 2.05) is 30.3 Å². The van der Waals surface area contributed by atoms with Crippen LogP contribution >= 0.6 is 23.2 Å². The molecule has 0 radical (unpaired) electrons. The van der Waals surface area contributed by atoms with Gasteiger partial charge in [-0.2, -0.15) is 0 Å². The Kier molecular flexibility index (Phi) is 3.81. The highest BCUT2D eigenvalue weighted by Gasteiger charge is 2.44. The maximum Gasteiger partial charge on any atom is 0.332 e. The van der Waals surface area contributed by atoms with Crippen LogP contribution in [0, 0.1) is 0 Å². The Morgan fingerprint density at radius 2 is 1.55 bits per heavy atom. The van der Waals surface area contributed by atoms with E-state index in [1.54, 1.807) is 25.2 Å². The number of urea groups is 1. The number of nitrogens with zero attached hydrogens (tertiary/aromatic N) is 2. The second-order valence-corrected chi connectivity index (χ2v) is 5.88. The minimum Gasteiger partial charge on any atom is -0.311 e. The zero-order valence-corrected chi connectivity index (χ0v) is 13.2. The number of carbonyl (C=O) groups is 2. The highest BCUT2D eigenvalue weighted by atomic mass is 35.5. The van der Waals surface area contributed by atoms with Gasteiger partial charge in [0, 0.05) is 17.1 Å². The summed E-state index contributed by atoms with van der Waals surface area (Å²) in [6, 6.07) is 12.8. The number of amides is 3. The lowest BCUT2D eigenvalue weighted by Gasteiger charge is -2.15. The fraction of sp³-hybridized carbons (Fsp3) is 0.125. The Labute approximate surface area is 137 Å². The summed E-state index contributed by atoms with van der Waals surface area (Å²) in [6.07, 6.45) is 0. The van der Waals surface area contributed by atoms with Gasteiger partial charge in [0.05, 0.1) is 5.69 Å². The van der Waals surface area contributed by atoms with Crippen LogP contribution in [0.3, 0.4) is 0 Å². The van der Waals surface area contributed by atoms with Crippen LogP contribution in [-0.2, 0) is 4.79 Å². The molecule has 0 aromatic heterocycles. The number of likely N-dealkylation sites (N-methyl/N-ethyl adjacent to an activating group) is 1. The van der Waals surface area contributed by atoms with Crippen molar-refractivity contribution in [1.82, 2.24) is 4.90 Å². The number of anilines is 1. The molecule has 1 atom stereocenters. The molecular formula is C16H12Cl2N2O2. The van der Waals surface area contributed by atoms with Gasteiger partial charge in [0.25, 0.3) is 5.91 Å². The maximum atomic E-state index is 12.7. The van der Waals surface area contributed by atoms with Crippen molar-refractivity contribution in [3.05, 3.63) is 64.1 Å². The lowest BCUT2D eigenvalue weighted by atomic mass is 10.1. The van der Waals surface area contributed by atoms with Crippen molar-refractivity contribution >= 4 is 40.8 Å². The highest BCUT2D eigenvalue weighted by Crippen LogP contribution is 2.35. The first-order valence-electron chi connectivity index (χ1n) is 6.61. The molecule has 1 saturated heterocycles. The number of hydrogen-bond donors (Lipinski definition) is 0. The standard InChI is InChI=1S/C16H12Cl2N2O2/c1-19-14(10-5-3-2-4-6-10)15(21)20(16(19)22)13-8-11(17)7-12(18)9-13/h2-9,14H,1H3. The molecule has 2 aromatic rings. The number of rotatable bonds is 2. The molecule has 0 bridgehead atoms. The first kappa shape index (κ1) is 14.9. The van der Waals surface area contributed by atoms with Crippen molar-refractivity contribution in [2.45, 2.75) is 6.04 Å². The molecule has 22 heavy (non-hydrogen) atoms. The summed E-state index contributed by atoms with van der Waals surface area (Å²) < 4.78 is 0. The van der Waals surface area contributed by atoms with Crippen LogP contribution in [0.25, 0.3) is 0 Å². The molecule has 0 saturated carbocycles. The van der Waals surface area contributed by atoms with Crippen molar-refractivity contribution in [2.75, 3.05) is 11.9 Å². The van der Waals surface area contributed by atoms with Gasteiger partial charge in [0.1, 0.15) is 6.04 Å². The minimum atomic E-state index is -0.647. The third-order valence-electron chi connectivity index (χ3n) is 3.56. The molecule has 1 fully saturated rings. The van der Waals surface area contributed by atoms with E-state index in [1.165, 1.54) is 4.90 Å². The zero-order valence-electron chi connectivity index (χ0n) is 11.7. The summed E-state index contributed by atoms with van der Waals surface area (Å²) in [5.41, 5.74) is 1.14. The Bertz CT molecular complexity index is 729. The Hall–Kier alpha value is -2.04. The number of hydrogen-bond acceptors (Lipinski definition) is 2. The van der Waals surface area contributed by atoms with Crippen LogP contribution in [0.1, 0.15) is 11.6 Å². The van der Waals surface area contributed by atoms with E-state index in [2.05, 4.69) is 0 Å². The van der Waals surface area contributed by atoms with Gasteiger partial charge in [-0.1, -0.05) is 53.5 Å². The average molecular weight is 335 g/mol. The maximum absolute atomic E-state index is 12.7. The molecule has 0 aliphatic carbocycles. The van der Waals surface area contributed by atoms with Crippen molar-refractivity contribution < 1.29 is 9.59 Å². The lowest BCUT2D eigenvalue weighted by molar-refractivity contribution is -0.119. The third kappa shape index (κ3) is 2.45. The van der Waals surface area contributed by atoms with Crippen LogP contribution < -0.4 is 4.90 Å². The molecule has 1 unspecified atom stereocenters. The van der Waals surface area contributed by atoms with Crippen LogP contribution in [0.5, 0.6) is 0 Å². The molecule has 3 amide bonds. The monoisotopic (exact) mass is 334 g/mol. The van der Waals surface area contributed by atoms with Gasteiger partial charge in [0.15, 0.2) is 0 Å². The van der Waals surface area contributed by atoms with E-state index in [9.17, 15) is 9.59 Å². The van der Waals surface area contributed by atoms with E-state index < -0.39 is 12.1 Å². The van der Waals surface area contributed by atoms with Crippen molar-refractivity contribution in [2.24, 2.45) is 0 Å². The molecule has 112 valence electrons. The molecule has 0 N–H and O–H groups in total. The predicted octanol–water partition coefficient (Wildman–Crippen LogP) is 4.13. The molecule has 1 aliphatic heterocycles. The van der Waals surface area contributed by atoms with E-state index in [4.69, 9.17) is 23.2 Å². The van der Waals surface area contributed by atoms with Crippen LogP contribution in [-0.4, -0.2) is 23.9 Å². The van der Waals surface area contributed by atoms with E-state index in [0.717, 1.165) is 10.5 Å². The number of imide groups is 1. The molecule has 2 aromatic carbocycles. The topological polar surface area (TPSA) is 40.6 Å².